The summed E-state index contributed by atoms with van der Waals surface area (Å²) in [7, 11) is 0. The number of hydrogen-bond acceptors (Lipinski definition) is 3. The normalized spacial score (nSPS) is 15.2. The third-order valence-corrected chi connectivity index (χ3v) is 4.04. The van der Waals surface area contributed by atoms with Crippen LogP contribution in [0.5, 0.6) is 0 Å². The number of likely N-dealkylation sites (tertiary alicyclic amines) is 1. The first-order valence-corrected chi connectivity index (χ1v) is 7.92. The molecule has 1 heterocycles. The summed E-state index contributed by atoms with van der Waals surface area (Å²) in [5, 5.41) is 11.3. The second kappa shape index (κ2) is 8.31. The molecule has 6 nitrogen and oxygen atoms in total. The fourth-order valence-electron chi connectivity index (χ4n) is 2.70. The van der Waals surface area contributed by atoms with Crippen molar-refractivity contribution >= 4 is 17.8 Å². The Kier molecular flexibility index (Phi) is 6.14. The van der Waals surface area contributed by atoms with E-state index in [4.69, 9.17) is 5.11 Å². The van der Waals surface area contributed by atoms with Crippen molar-refractivity contribution in [3.8, 4) is 0 Å². The first kappa shape index (κ1) is 17.0. The van der Waals surface area contributed by atoms with Gasteiger partial charge < -0.3 is 15.3 Å². The van der Waals surface area contributed by atoms with Crippen LogP contribution >= 0.6 is 0 Å². The summed E-state index contributed by atoms with van der Waals surface area (Å²) in [6.45, 7) is 1.52. The van der Waals surface area contributed by atoms with Gasteiger partial charge in [0.2, 0.25) is 5.91 Å². The van der Waals surface area contributed by atoms with E-state index in [2.05, 4.69) is 5.32 Å². The standard InChI is InChI=1S/C17H22N2O4/c20-15(21)7-4-10-18-16(22)13-8-11-19(12-9-13)17(23)14-5-2-1-3-6-14/h1-3,5-6,13H,4,7-12H2,(H,18,22)(H,20,21). The third kappa shape index (κ3) is 5.09. The molecule has 0 radical (unpaired) electrons. The number of carbonyl (C=O) groups is 3. The molecule has 2 rings (SSSR count). The summed E-state index contributed by atoms with van der Waals surface area (Å²) in [5.74, 6) is -0.986. The number of nitrogens with one attached hydrogen (secondary N) is 1. The molecule has 0 spiro atoms. The molecule has 1 aromatic carbocycles. The predicted molar refractivity (Wildman–Crippen MR) is 84.9 cm³/mol. The molecule has 0 bridgehead atoms. The molecule has 6 heteroatoms. The van der Waals surface area contributed by atoms with Gasteiger partial charge >= 0.3 is 5.97 Å². The van der Waals surface area contributed by atoms with E-state index in [-0.39, 0.29) is 24.2 Å². The minimum Gasteiger partial charge on any atom is -0.481 e. The summed E-state index contributed by atoms with van der Waals surface area (Å²) in [4.78, 5) is 36.5. The van der Waals surface area contributed by atoms with Gasteiger partial charge in [0.1, 0.15) is 0 Å². The lowest BCUT2D eigenvalue weighted by Crippen LogP contribution is -2.43. The fourth-order valence-corrected chi connectivity index (χ4v) is 2.70. The number of benzene rings is 1. The molecule has 0 aromatic heterocycles. The van der Waals surface area contributed by atoms with Crippen LogP contribution in [0.2, 0.25) is 0 Å². The zero-order valence-corrected chi connectivity index (χ0v) is 13.0. The first-order chi connectivity index (χ1) is 11.1. The Balaban J connectivity index is 1.74. The topological polar surface area (TPSA) is 86.7 Å². The smallest absolute Gasteiger partial charge is 0.303 e. The summed E-state index contributed by atoms with van der Waals surface area (Å²) >= 11 is 0. The van der Waals surface area contributed by atoms with Crippen molar-refractivity contribution < 1.29 is 19.5 Å². The number of carbonyl (C=O) groups excluding carboxylic acids is 2. The Bertz CT molecular complexity index is 551. The lowest BCUT2D eigenvalue weighted by Gasteiger charge is -2.31. The van der Waals surface area contributed by atoms with E-state index < -0.39 is 5.97 Å². The van der Waals surface area contributed by atoms with E-state index in [1.807, 2.05) is 18.2 Å². The lowest BCUT2D eigenvalue weighted by atomic mass is 9.95. The van der Waals surface area contributed by atoms with Crippen molar-refractivity contribution in [3.05, 3.63) is 35.9 Å². The van der Waals surface area contributed by atoms with E-state index in [9.17, 15) is 14.4 Å². The van der Waals surface area contributed by atoms with E-state index >= 15 is 0 Å². The van der Waals surface area contributed by atoms with Crippen molar-refractivity contribution in [2.24, 2.45) is 5.92 Å². The Labute approximate surface area is 135 Å². The van der Waals surface area contributed by atoms with Gasteiger partial charge in [0.15, 0.2) is 0 Å². The van der Waals surface area contributed by atoms with Crippen LogP contribution in [0, 0.1) is 5.92 Å². The number of piperidine rings is 1. The minimum absolute atomic E-state index is 0.00548. The van der Waals surface area contributed by atoms with Gasteiger partial charge in [0.25, 0.3) is 5.91 Å². The Hall–Kier alpha value is -2.37. The van der Waals surface area contributed by atoms with Gasteiger partial charge in [-0.1, -0.05) is 18.2 Å². The van der Waals surface area contributed by atoms with Crippen molar-refractivity contribution in [2.45, 2.75) is 25.7 Å². The Morgan fingerprint density at radius 1 is 1.13 bits per heavy atom. The molecule has 0 aliphatic carbocycles. The third-order valence-electron chi connectivity index (χ3n) is 4.04. The van der Waals surface area contributed by atoms with Crippen LogP contribution in [0.25, 0.3) is 0 Å². The van der Waals surface area contributed by atoms with Gasteiger partial charge in [0.05, 0.1) is 0 Å². The highest BCUT2D eigenvalue weighted by Gasteiger charge is 2.27. The summed E-state index contributed by atoms with van der Waals surface area (Å²) < 4.78 is 0. The van der Waals surface area contributed by atoms with Gasteiger partial charge in [-0.25, -0.2) is 0 Å². The highest BCUT2D eigenvalue weighted by atomic mass is 16.4. The highest BCUT2D eigenvalue weighted by Crippen LogP contribution is 2.19. The lowest BCUT2D eigenvalue weighted by molar-refractivity contribution is -0.137. The summed E-state index contributed by atoms with van der Waals surface area (Å²) in [6.07, 6.45) is 1.78. The molecule has 0 unspecified atom stereocenters. The molecule has 0 saturated carbocycles. The highest BCUT2D eigenvalue weighted by molar-refractivity contribution is 5.94. The quantitative estimate of drug-likeness (QED) is 0.779. The van der Waals surface area contributed by atoms with Gasteiger partial charge in [0, 0.05) is 37.5 Å². The van der Waals surface area contributed by atoms with Crippen molar-refractivity contribution in [3.63, 3.8) is 0 Å². The number of carboxylic acid groups (broad SMARTS) is 1. The fraction of sp³-hybridized carbons (Fsp3) is 0.471. The minimum atomic E-state index is -0.855. The van der Waals surface area contributed by atoms with E-state index in [1.165, 1.54) is 0 Å². The maximum Gasteiger partial charge on any atom is 0.303 e. The van der Waals surface area contributed by atoms with Crippen LogP contribution in [-0.2, 0) is 9.59 Å². The number of hydrogen-bond donors (Lipinski definition) is 2. The summed E-state index contributed by atoms with van der Waals surface area (Å²) in [6, 6.07) is 9.14. The van der Waals surface area contributed by atoms with E-state index in [0.29, 0.717) is 44.5 Å². The average molecular weight is 318 g/mol. The van der Waals surface area contributed by atoms with Crippen LogP contribution in [-0.4, -0.2) is 47.4 Å². The number of amides is 2. The molecule has 1 aliphatic rings. The molecule has 0 atom stereocenters. The van der Waals surface area contributed by atoms with Crippen LogP contribution in [0.3, 0.4) is 0 Å². The van der Waals surface area contributed by atoms with Gasteiger partial charge in [-0.2, -0.15) is 0 Å². The maximum atomic E-state index is 12.3. The second-order valence-electron chi connectivity index (χ2n) is 5.72. The largest absolute Gasteiger partial charge is 0.481 e. The maximum absolute atomic E-state index is 12.3. The van der Waals surface area contributed by atoms with Gasteiger partial charge in [-0.15, -0.1) is 0 Å². The van der Waals surface area contributed by atoms with Crippen LogP contribution in [0.15, 0.2) is 30.3 Å². The van der Waals surface area contributed by atoms with E-state index in [0.717, 1.165) is 0 Å². The Morgan fingerprint density at radius 2 is 1.78 bits per heavy atom. The molecule has 1 aromatic rings. The molecule has 1 aliphatic heterocycles. The van der Waals surface area contributed by atoms with Gasteiger partial charge in [-0.05, 0) is 31.4 Å². The molecule has 2 N–H and O–H groups in total. The average Bonchev–Trinajstić information content (AvgIpc) is 2.58. The second-order valence-corrected chi connectivity index (χ2v) is 5.72. The summed E-state index contributed by atoms with van der Waals surface area (Å²) in [5.41, 5.74) is 0.670. The molecule has 124 valence electrons. The molecule has 23 heavy (non-hydrogen) atoms. The van der Waals surface area contributed by atoms with Crippen LogP contribution in [0.4, 0.5) is 0 Å². The number of rotatable bonds is 6. The zero-order valence-electron chi connectivity index (χ0n) is 13.0. The predicted octanol–water partition coefficient (Wildman–Crippen LogP) is 1.52. The molecular weight excluding hydrogens is 296 g/mol. The number of carboxylic acids is 1. The zero-order chi connectivity index (χ0) is 16.7. The van der Waals surface area contributed by atoms with Crippen LogP contribution in [0.1, 0.15) is 36.0 Å². The SMILES string of the molecule is O=C(O)CCCNC(=O)C1CCN(C(=O)c2ccccc2)CC1. The first-order valence-electron chi connectivity index (χ1n) is 7.92. The van der Waals surface area contributed by atoms with E-state index in [1.54, 1.807) is 17.0 Å². The molecule has 2 amide bonds. The molecule has 1 fully saturated rings. The van der Waals surface area contributed by atoms with Crippen molar-refractivity contribution in [1.29, 1.82) is 0 Å². The monoisotopic (exact) mass is 318 g/mol. The van der Waals surface area contributed by atoms with Crippen molar-refractivity contribution in [2.75, 3.05) is 19.6 Å². The number of nitrogens with zero attached hydrogens (tertiary/aromatic N) is 1. The van der Waals surface area contributed by atoms with Gasteiger partial charge in [-0.3, -0.25) is 14.4 Å². The Morgan fingerprint density at radius 3 is 2.39 bits per heavy atom. The molecular formula is C17H22N2O4. The van der Waals surface area contributed by atoms with Crippen molar-refractivity contribution in [1.82, 2.24) is 10.2 Å². The number of aliphatic carboxylic acids is 1. The van der Waals surface area contributed by atoms with Crippen LogP contribution < -0.4 is 5.32 Å². The molecule has 1 saturated heterocycles.